The largest absolute Gasteiger partial charge is 0.462 e. The van der Waals surface area contributed by atoms with E-state index in [0.717, 1.165) is 32.8 Å². The van der Waals surface area contributed by atoms with Crippen LogP contribution in [0.25, 0.3) is 0 Å². The summed E-state index contributed by atoms with van der Waals surface area (Å²) in [6.07, 6.45) is 0. The van der Waals surface area contributed by atoms with E-state index in [0.29, 0.717) is 30.2 Å². The number of hydrogen-bond acceptors (Lipinski definition) is 8. The third-order valence-electron chi connectivity index (χ3n) is 4.40. The molecule has 0 atom stereocenters. The van der Waals surface area contributed by atoms with Gasteiger partial charge < -0.3 is 20.1 Å². The molecule has 1 fully saturated rings. The Bertz CT molecular complexity index is 822. The van der Waals surface area contributed by atoms with Crippen molar-refractivity contribution in [3.63, 3.8) is 0 Å². The molecule has 9 heteroatoms. The van der Waals surface area contributed by atoms with Crippen LogP contribution in [0.3, 0.4) is 0 Å². The number of aromatic nitrogens is 2. The molecule has 2 aromatic rings. The Hall–Kier alpha value is -3.04. The van der Waals surface area contributed by atoms with Crippen LogP contribution in [0.1, 0.15) is 27.8 Å². The fraction of sp³-hybridized carbons (Fsp3) is 0.400. The first kappa shape index (κ1) is 20.7. The van der Waals surface area contributed by atoms with Crippen molar-refractivity contribution in [3.05, 3.63) is 47.7 Å². The molecule has 0 aliphatic carbocycles. The van der Waals surface area contributed by atoms with Crippen molar-refractivity contribution in [1.82, 2.24) is 20.4 Å². The number of anilines is 2. The second-order valence-electron chi connectivity index (χ2n) is 6.40. The van der Waals surface area contributed by atoms with Crippen molar-refractivity contribution >= 4 is 23.4 Å². The number of esters is 1. The maximum Gasteiger partial charge on any atom is 0.340 e. The van der Waals surface area contributed by atoms with Gasteiger partial charge in [-0.2, -0.15) is 0 Å². The second kappa shape index (κ2) is 10.5. The van der Waals surface area contributed by atoms with Crippen LogP contribution in [0.5, 0.6) is 0 Å². The fourth-order valence-electron chi connectivity index (χ4n) is 2.88. The minimum Gasteiger partial charge on any atom is -0.462 e. The van der Waals surface area contributed by atoms with Gasteiger partial charge in [0.05, 0.1) is 31.1 Å². The highest BCUT2D eigenvalue weighted by atomic mass is 16.5. The van der Waals surface area contributed by atoms with Crippen LogP contribution < -0.4 is 10.6 Å². The van der Waals surface area contributed by atoms with Crippen LogP contribution in [0.15, 0.2) is 36.4 Å². The summed E-state index contributed by atoms with van der Waals surface area (Å²) in [4.78, 5) is 26.5. The molecule has 154 valence electrons. The Labute approximate surface area is 169 Å². The van der Waals surface area contributed by atoms with E-state index in [4.69, 9.17) is 9.47 Å². The van der Waals surface area contributed by atoms with Gasteiger partial charge in [-0.05, 0) is 31.2 Å². The lowest BCUT2D eigenvalue weighted by molar-refractivity contribution is 0.0383. The lowest BCUT2D eigenvalue weighted by Gasteiger charge is -2.26. The molecule has 0 bridgehead atoms. The Balaban J connectivity index is 1.55. The lowest BCUT2D eigenvalue weighted by atomic mass is 10.2. The van der Waals surface area contributed by atoms with Gasteiger partial charge in [-0.25, -0.2) is 4.79 Å². The van der Waals surface area contributed by atoms with E-state index in [-0.39, 0.29) is 11.6 Å². The van der Waals surface area contributed by atoms with Crippen molar-refractivity contribution in [2.24, 2.45) is 0 Å². The van der Waals surface area contributed by atoms with Crippen LogP contribution >= 0.6 is 0 Å². The average molecular weight is 399 g/mol. The molecule has 1 aromatic carbocycles. The fourth-order valence-corrected chi connectivity index (χ4v) is 2.88. The van der Waals surface area contributed by atoms with Crippen molar-refractivity contribution in [2.75, 3.05) is 51.3 Å². The second-order valence-corrected chi connectivity index (χ2v) is 6.40. The zero-order chi connectivity index (χ0) is 20.5. The number of para-hydroxylation sites is 1. The first-order valence-electron chi connectivity index (χ1n) is 9.62. The van der Waals surface area contributed by atoms with Gasteiger partial charge in [0.15, 0.2) is 11.5 Å². The van der Waals surface area contributed by atoms with Crippen LogP contribution in [0.4, 0.5) is 11.5 Å². The molecule has 9 nitrogen and oxygen atoms in total. The van der Waals surface area contributed by atoms with E-state index in [2.05, 4.69) is 25.7 Å². The van der Waals surface area contributed by atoms with Gasteiger partial charge in [-0.15, -0.1) is 10.2 Å². The van der Waals surface area contributed by atoms with Gasteiger partial charge >= 0.3 is 5.97 Å². The van der Waals surface area contributed by atoms with E-state index in [9.17, 15) is 9.59 Å². The van der Waals surface area contributed by atoms with Gasteiger partial charge in [0.25, 0.3) is 5.91 Å². The minimum atomic E-state index is -0.417. The minimum absolute atomic E-state index is 0.233. The molecule has 3 rings (SSSR count). The third-order valence-corrected chi connectivity index (χ3v) is 4.40. The Morgan fingerprint density at radius 3 is 2.66 bits per heavy atom. The molecular weight excluding hydrogens is 374 g/mol. The molecule has 2 heterocycles. The quantitative estimate of drug-likeness (QED) is 0.643. The highest BCUT2D eigenvalue weighted by Gasteiger charge is 2.14. The predicted molar refractivity (Wildman–Crippen MR) is 107 cm³/mol. The number of nitrogens with zero attached hydrogens (tertiary/aromatic N) is 3. The summed E-state index contributed by atoms with van der Waals surface area (Å²) in [5.41, 5.74) is 1.19. The smallest absolute Gasteiger partial charge is 0.340 e. The normalized spacial score (nSPS) is 14.2. The average Bonchev–Trinajstić information content (AvgIpc) is 2.75. The molecule has 0 saturated carbocycles. The van der Waals surface area contributed by atoms with Gasteiger partial charge in [0.2, 0.25) is 0 Å². The van der Waals surface area contributed by atoms with Crippen LogP contribution in [-0.4, -0.2) is 73.0 Å². The van der Waals surface area contributed by atoms with Crippen molar-refractivity contribution in [3.8, 4) is 0 Å². The number of carbonyl (C=O) groups is 2. The van der Waals surface area contributed by atoms with E-state index in [1.807, 2.05) is 0 Å². The molecule has 1 aliphatic rings. The number of carbonyl (C=O) groups excluding carboxylic acids is 2. The highest BCUT2D eigenvalue weighted by Crippen LogP contribution is 2.20. The molecule has 1 amide bonds. The van der Waals surface area contributed by atoms with Crippen molar-refractivity contribution < 1.29 is 19.1 Å². The molecule has 1 aromatic heterocycles. The van der Waals surface area contributed by atoms with Crippen molar-refractivity contribution in [2.45, 2.75) is 6.92 Å². The van der Waals surface area contributed by atoms with E-state index >= 15 is 0 Å². The topological polar surface area (TPSA) is 106 Å². The number of nitrogens with one attached hydrogen (secondary N) is 2. The van der Waals surface area contributed by atoms with E-state index in [1.54, 1.807) is 43.3 Å². The predicted octanol–water partition coefficient (Wildman–Crippen LogP) is 1.46. The third kappa shape index (κ3) is 5.97. The molecule has 0 spiro atoms. The molecule has 29 heavy (non-hydrogen) atoms. The first-order valence-corrected chi connectivity index (χ1v) is 9.62. The Kier molecular flexibility index (Phi) is 7.48. The number of ether oxygens (including phenoxy) is 2. The molecule has 0 radical (unpaired) electrons. The summed E-state index contributed by atoms with van der Waals surface area (Å²) in [5, 5.41) is 13.9. The summed E-state index contributed by atoms with van der Waals surface area (Å²) in [6.45, 7) is 6.57. The molecular formula is C20H25N5O4. The maximum atomic E-state index is 12.2. The zero-order valence-electron chi connectivity index (χ0n) is 16.4. The number of morpholine rings is 1. The van der Waals surface area contributed by atoms with Gasteiger partial charge in [0.1, 0.15) is 0 Å². The van der Waals surface area contributed by atoms with Crippen LogP contribution in [0.2, 0.25) is 0 Å². The maximum absolute atomic E-state index is 12.2. The number of hydrogen-bond donors (Lipinski definition) is 2. The van der Waals surface area contributed by atoms with Crippen molar-refractivity contribution in [1.29, 1.82) is 0 Å². The van der Waals surface area contributed by atoms with Gasteiger partial charge in [-0.3, -0.25) is 9.69 Å². The Morgan fingerprint density at radius 2 is 1.93 bits per heavy atom. The molecule has 1 aliphatic heterocycles. The zero-order valence-corrected chi connectivity index (χ0v) is 16.4. The molecule has 0 unspecified atom stereocenters. The SMILES string of the molecule is CCOC(=O)c1ccccc1Nc1ccc(C(=O)NCCN2CCOCC2)nn1. The Morgan fingerprint density at radius 1 is 1.14 bits per heavy atom. The van der Waals surface area contributed by atoms with E-state index < -0.39 is 5.97 Å². The first-order chi connectivity index (χ1) is 14.2. The summed E-state index contributed by atoms with van der Waals surface area (Å²) in [6, 6.07) is 10.2. The lowest BCUT2D eigenvalue weighted by Crippen LogP contribution is -2.41. The summed E-state index contributed by atoms with van der Waals surface area (Å²) in [7, 11) is 0. The van der Waals surface area contributed by atoms with Gasteiger partial charge in [0, 0.05) is 26.2 Å². The van der Waals surface area contributed by atoms with Crippen LogP contribution in [-0.2, 0) is 9.47 Å². The summed E-state index contributed by atoms with van der Waals surface area (Å²) in [5.74, 6) is -0.268. The van der Waals surface area contributed by atoms with Crippen LogP contribution in [0, 0.1) is 0 Å². The number of benzene rings is 1. The number of rotatable bonds is 8. The summed E-state index contributed by atoms with van der Waals surface area (Å²) < 4.78 is 10.4. The standard InChI is InChI=1S/C20H25N5O4/c1-2-29-20(27)15-5-3-4-6-16(15)22-18-8-7-17(23-24-18)19(26)21-9-10-25-11-13-28-14-12-25/h3-8H,2,9-14H2,1H3,(H,21,26)(H,22,24). The monoisotopic (exact) mass is 399 g/mol. The van der Waals surface area contributed by atoms with Gasteiger partial charge in [-0.1, -0.05) is 12.1 Å². The van der Waals surface area contributed by atoms with E-state index in [1.165, 1.54) is 0 Å². The number of amides is 1. The summed E-state index contributed by atoms with van der Waals surface area (Å²) >= 11 is 0. The molecule has 1 saturated heterocycles. The molecule has 2 N–H and O–H groups in total. The highest BCUT2D eigenvalue weighted by molar-refractivity contribution is 5.96.